The average molecular weight is 412 g/mol. The highest BCUT2D eigenvalue weighted by Gasteiger charge is 2.26. The third kappa shape index (κ3) is 3.10. The van der Waals surface area contributed by atoms with Gasteiger partial charge in [-0.15, -0.1) is 0 Å². The smallest absolute Gasteiger partial charge is 0.203 e. The number of hydrogen-bond acceptors (Lipinski definition) is 3. The summed E-state index contributed by atoms with van der Waals surface area (Å²) in [6, 6.07) is 20.8. The maximum absolute atomic E-state index is 5.66. The van der Waals surface area contributed by atoms with Gasteiger partial charge in [-0.2, -0.15) is 0 Å². The number of benzene rings is 3. The van der Waals surface area contributed by atoms with Crippen molar-refractivity contribution in [3.63, 3.8) is 0 Å². The summed E-state index contributed by atoms with van der Waals surface area (Å²) in [6.07, 6.45) is 4.20. The molecule has 3 aromatic carbocycles. The number of fused-ring (bicyclic) bond motifs is 2. The van der Waals surface area contributed by atoms with Crippen LogP contribution in [0.25, 0.3) is 21.8 Å². The molecule has 2 aromatic heterocycles. The van der Waals surface area contributed by atoms with E-state index in [4.69, 9.17) is 14.2 Å². The van der Waals surface area contributed by atoms with E-state index in [0.29, 0.717) is 17.2 Å². The van der Waals surface area contributed by atoms with Gasteiger partial charge in [-0.3, -0.25) is 0 Å². The van der Waals surface area contributed by atoms with Crippen LogP contribution in [0.2, 0.25) is 0 Å². The van der Waals surface area contributed by atoms with E-state index in [1.807, 2.05) is 24.3 Å². The highest BCUT2D eigenvalue weighted by molar-refractivity contribution is 5.89. The largest absolute Gasteiger partial charge is 0.493 e. The van der Waals surface area contributed by atoms with E-state index in [1.54, 1.807) is 21.3 Å². The van der Waals surface area contributed by atoms with Crippen LogP contribution in [0.15, 0.2) is 73.1 Å². The van der Waals surface area contributed by atoms with Crippen molar-refractivity contribution in [1.29, 1.82) is 0 Å². The van der Waals surface area contributed by atoms with E-state index >= 15 is 0 Å². The van der Waals surface area contributed by atoms with E-state index in [0.717, 1.165) is 16.6 Å². The van der Waals surface area contributed by atoms with Crippen molar-refractivity contribution in [3.05, 3.63) is 89.7 Å². The second-order valence-electron chi connectivity index (χ2n) is 7.47. The lowest BCUT2D eigenvalue weighted by molar-refractivity contribution is 0.323. The Morgan fingerprint density at radius 2 is 1.13 bits per heavy atom. The lowest BCUT2D eigenvalue weighted by atomic mass is 9.84. The molecule has 5 nitrogen and oxygen atoms in total. The van der Waals surface area contributed by atoms with Crippen molar-refractivity contribution in [2.45, 2.75) is 5.92 Å². The fraction of sp³-hybridized carbons (Fsp3) is 0.154. The van der Waals surface area contributed by atoms with Crippen LogP contribution in [0.1, 0.15) is 22.6 Å². The standard InChI is InChI=1S/C26H24N2O3/c1-29-23-12-16(13-24(30-2)26(23)31-3)25(19-14-27-21-10-6-4-8-17(19)21)20-15-28-22-11-7-5-9-18(20)22/h4-15,25,27-28H,1-3H3. The molecule has 2 N–H and O–H groups in total. The Bertz CT molecular complexity index is 1270. The second-order valence-corrected chi connectivity index (χ2v) is 7.47. The van der Waals surface area contributed by atoms with Crippen molar-refractivity contribution < 1.29 is 14.2 Å². The predicted octanol–water partition coefficient (Wildman–Crippen LogP) is 5.86. The molecule has 0 bridgehead atoms. The monoisotopic (exact) mass is 412 g/mol. The van der Waals surface area contributed by atoms with Crippen LogP contribution >= 0.6 is 0 Å². The summed E-state index contributed by atoms with van der Waals surface area (Å²) in [7, 11) is 4.91. The Hall–Kier alpha value is -3.86. The summed E-state index contributed by atoms with van der Waals surface area (Å²) in [5.41, 5.74) is 5.65. The zero-order valence-electron chi connectivity index (χ0n) is 17.7. The number of aromatic amines is 2. The third-order valence-corrected chi connectivity index (χ3v) is 5.88. The van der Waals surface area contributed by atoms with Gasteiger partial charge < -0.3 is 24.2 Å². The third-order valence-electron chi connectivity index (χ3n) is 5.88. The topological polar surface area (TPSA) is 59.3 Å². The Balaban J connectivity index is 1.81. The Labute approximate surface area is 180 Å². The molecule has 0 atom stereocenters. The number of aromatic nitrogens is 2. The van der Waals surface area contributed by atoms with Crippen molar-refractivity contribution in [2.24, 2.45) is 0 Å². The summed E-state index contributed by atoms with van der Waals surface area (Å²) < 4.78 is 16.9. The molecule has 2 heterocycles. The number of nitrogens with one attached hydrogen (secondary N) is 2. The molecular weight excluding hydrogens is 388 g/mol. The minimum atomic E-state index is -0.0407. The number of hydrogen-bond donors (Lipinski definition) is 2. The van der Waals surface area contributed by atoms with Crippen molar-refractivity contribution in [2.75, 3.05) is 21.3 Å². The van der Waals surface area contributed by atoms with Gasteiger partial charge in [-0.25, -0.2) is 0 Å². The molecule has 0 aliphatic heterocycles. The van der Waals surface area contributed by atoms with Crippen LogP contribution in [-0.2, 0) is 0 Å². The highest BCUT2D eigenvalue weighted by atomic mass is 16.5. The van der Waals surface area contributed by atoms with E-state index in [1.165, 1.54) is 21.9 Å². The molecule has 0 aliphatic carbocycles. The molecule has 5 heteroatoms. The van der Waals surface area contributed by atoms with Gasteiger partial charge in [-0.05, 0) is 41.0 Å². The lowest BCUT2D eigenvalue weighted by Gasteiger charge is -2.21. The Morgan fingerprint density at radius 1 is 0.645 bits per heavy atom. The molecule has 0 saturated heterocycles. The van der Waals surface area contributed by atoms with E-state index in [2.05, 4.69) is 58.8 Å². The molecule has 0 aliphatic rings. The zero-order chi connectivity index (χ0) is 21.4. The van der Waals surface area contributed by atoms with Gasteiger partial charge in [0.15, 0.2) is 11.5 Å². The normalized spacial score (nSPS) is 11.4. The van der Waals surface area contributed by atoms with Gasteiger partial charge in [0.1, 0.15) is 0 Å². The van der Waals surface area contributed by atoms with Crippen LogP contribution in [0.5, 0.6) is 17.2 Å². The van der Waals surface area contributed by atoms with E-state index in [-0.39, 0.29) is 5.92 Å². The number of methoxy groups -OCH3 is 3. The van der Waals surface area contributed by atoms with Gasteiger partial charge >= 0.3 is 0 Å². The van der Waals surface area contributed by atoms with Crippen LogP contribution in [0.4, 0.5) is 0 Å². The van der Waals surface area contributed by atoms with Crippen molar-refractivity contribution >= 4 is 21.8 Å². The van der Waals surface area contributed by atoms with Gasteiger partial charge in [-0.1, -0.05) is 36.4 Å². The van der Waals surface area contributed by atoms with Crippen LogP contribution in [-0.4, -0.2) is 31.3 Å². The first-order valence-electron chi connectivity index (χ1n) is 10.2. The number of ether oxygens (including phenoxy) is 3. The second kappa shape index (κ2) is 7.76. The Morgan fingerprint density at radius 3 is 1.58 bits per heavy atom. The minimum Gasteiger partial charge on any atom is -0.493 e. The molecule has 156 valence electrons. The summed E-state index contributed by atoms with van der Waals surface area (Å²) in [5, 5.41) is 2.37. The summed E-state index contributed by atoms with van der Waals surface area (Å²) in [6.45, 7) is 0. The van der Waals surface area contributed by atoms with E-state index < -0.39 is 0 Å². The van der Waals surface area contributed by atoms with Crippen LogP contribution in [0, 0.1) is 0 Å². The molecule has 0 saturated carbocycles. The maximum Gasteiger partial charge on any atom is 0.203 e. The number of rotatable bonds is 6. The summed E-state index contributed by atoms with van der Waals surface area (Å²) in [5.74, 6) is 1.83. The molecule has 0 unspecified atom stereocenters. The van der Waals surface area contributed by atoms with Gasteiger partial charge in [0.05, 0.1) is 21.3 Å². The number of H-pyrrole nitrogens is 2. The van der Waals surface area contributed by atoms with Crippen LogP contribution < -0.4 is 14.2 Å². The van der Waals surface area contributed by atoms with Gasteiger partial charge in [0.25, 0.3) is 0 Å². The van der Waals surface area contributed by atoms with Gasteiger partial charge in [0, 0.05) is 40.1 Å². The fourth-order valence-electron chi connectivity index (χ4n) is 4.46. The highest BCUT2D eigenvalue weighted by Crippen LogP contribution is 2.45. The predicted molar refractivity (Wildman–Crippen MR) is 124 cm³/mol. The first-order valence-corrected chi connectivity index (χ1v) is 10.2. The molecule has 5 aromatic rings. The van der Waals surface area contributed by atoms with Crippen molar-refractivity contribution in [1.82, 2.24) is 9.97 Å². The van der Waals surface area contributed by atoms with Gasteiger partial charge in [0.2, 0.25) is 5.75 Å². The SMILES string of the molecule is COc1cc(C(c2c[nH]c3ccccc23)c2c[nH]c3ccccc23)cc(OC)c1OC. The minimum absolute atomic E-state index is 0.0407. The van der Waals surface area contributed by atoms with E-state index in [9.17, 15) is 0 Å². The first-order chi connectivity index (χ1) is 15.2. The lowest BCUT2D eigenvalue weighted by Crippen LogP contribution is -2.05. The van der Waals surface area contributed by atoms with Crippen LogP contribution in [0.3, 0.4) is 0 Å². The molecule has 0 radical (unpaired) electrons. The first kappa shape index (κ1) is 19.1. The molecule has 0 fully saturated rings. The fourth-order valence-corrected chi connectivity index (χ4v) is 4.46. The molecule has 5 rings (SSSR count). The van der Waals surface area contributed by atoms with Crippen molar-refractivity contribution in [3.8, 4) is 17.2 Å². The zero-order valence-corrected chi connectivity index (χ0v) is 17.7. The molecule has 31 heavy (non-hydrogen) atoms. The molecule has 0 spiro atoms. The quantitative estimate of drug-likeness (QED) is 0.367. The molecule has 0 amide bonds. The summed E-state index contributed by atoms with van der Waals surface area (Å²) >= 11 is 0. The summed E-state index contributed by atoms with van der Waals surface area (Å²) in [4.78, 5) is 6.86. The Kier molecular flexibility index (Phi) is 4.79. The molecular formula is C26H24N2O3. The average Bonchev–Trinajstić information content (AvgIpc) is 3.44. The number of para-hydroxylation sites is 2. The maximum atomic E-state index is 5.66.